The predicted molar refractivity (Wildman–Crippen MR) is 94.7 cm³/mol. The Balaban J connectivity index is 1.85. The number of rotatable bonds is 4. The molecule has 126 valence electrons. The van der Waals surface area contributed by atoms with Crippen molar-refractivity contribution in [3.05, 3.63) is 47.2 Å². The first-order chi connectivity index (χ1) is 11.7. The summed E-state index contributed by atoms with van der Waals surface area (Å²) in [6, 6.07) is 8.54. The number of ether oxygens (including phenoxy) is 1. The Kier molecular flexibility index (Phi) is 3.93. The van der Waals surface area contributed by atoms with Crippen LogP contribution in [0.1, 0.15) is 37.3 Å². The number of aromatic nitrogens is 1. The smallest absolute Gasteiger partial charge is 0.250 e. The standard InChI is InChI=1S/C20H24N2O2/c1-21-13-17(14-7-5-6-10-18(14)21)19-15-8-3-4-9-16(15)20(23)22(19)11-12-24-2/h5-7,10,13,19H,3-4,8-9,11-12H2,1-2H3/t19-/m1/s1. The number of hydrogen-bond acceptors (Lipinski definition) is 2. The number of benzene rings is 1. The van der Waals surface area contributed by atoms with Crippen molar-refractivity contribution in [2.24, 2.45) is 7.05 Å². The van der Waals surface area contributed by atoms with Crippen LogP contribution >= 0.6 is 0 Å². The summed E-state index contributed by atoms with van der Waals surface area (Å²) in [5, 5.41) is 1.25. The van der Waals surface area contributed by atoms with E-state index < -0.39 is 0 Å². The van der Waals surface area contributed by atoms with Gasteiger partial charge in [0.05, 0.1) is 12.6 Å². The number of hydrogen-bond donors (Lipinski definition) is 0. The topological polar surface area (TPSA) is 34.5 Å². The molecule has 24 heavy (non-hydrogen) atoms. The van der Waals surface area contributed by atoms with Gasteiger partial charge in [-0.05, 0) is 37.3 Å². The van der Waals surface area contributed by atoms with Crippen LogP contribution in [-0.4, -0.2) is 35.6 Å². The van der Waals surface area contributed by atoms with Gasteiger partial charge < -0.3 is 14.2 Å². The van der Waals surface area contributed by atoms with E-state index in [2.05, 4.69) is 42.1 Å². The molecule has 2 aromatic rings. The van der Waals surface area contributed by atoms with Crippen LogP contribution in [-0.2, 0) is 16.6 Å². The molecule has 0 bridgehead atoms. The fourth-order valence-corrected chi connectivity index (χ4v) is 4.32. The quantitative estimate of drug-likeness (QED) is 0.861. The summed E-state index contributed by atoms with van der Waals surface area (Å²) < 4.78 is 7.44. The number of amides is 1. The van der Waals surface area contributed by atoms with Crippen molar-refractivity contribution in [3.63, 3.8) is 0 Å². The second-order valence-electron chi connectivity index (χ2n) is 6.82. The molecule has 1 amide bonds. The zero-order valence-corrected chi connectivity index (χ0v) is 14.4. The lowest BCUT2D eigenvalue weighted by molar-refractivity contribution is -0.127. The first kappa shape index (κ1) is 15.5. The van der Waals surface area contributed by atoms with E-state index in [0.29, 0.717) is 13.2 Å². The van der Waals surface area contributed by atoms with Crippen LogP contribution in [0.3, 0.4) is 0 Å². The normalized spacial score (nSPS) is 21.0. The van der Waals surface area contributed by atoms with Crippen LogP contribution in [0.2, 0.25) is 0 Å². The average molecular weight is 324 g/mol. The maximum Gasteiger partial charge on any atom is 0.250 e. The Morgan fingerprint density at radius 1 is 1.21 bits per heavy atom. The first-order valence-electron chi connectivity index (χ1n) is 8.78. The Hall–Kier alpha value is -2.07. The zero-order valence-electron chi connectivity index (χ0n) is 14.4. The van der Waals surface area contributed by atoms with E-state index in [1.54, 1.807) is 7.11 Å². The molecule has 4 nitrogen and oxygen atoms in total. The largest absolute Gasteiger partial charge is 0.383 e. The SMILES string of the molecule is COCCN1C(=O)C2=C(CCCC2)[C@@H]1c1cn(C)c2ccccc12. The van der Waals surface area contributed by atoms with E-state index in [4.69, 9.17) is 4.74 Å². The lowest BCUT2D eigenvalue weighted by Gasteiger charge is -2.27. The highest BCUT2D eigenvalue weighted by atomic mass is 16.5. The summed E-state index contributed by atoms with van der Waals surface area (Å²) in [5.74, 6) is 0.222. The molecule has 1 atom stereocenters. The molecule has 1 aromatic carbocycles. The minimum absolute atomic E-state index is 0.0778. The van der Waals surface area contributed by atoms with Crippen LogP contribution in [0.25, 0.3) is 10.9 Å². The average Bonchev–Trinajstić information content (AvgIpc) is 3.09. The fourth-order valence-electron chi connectivity index (χ4n) is 4.32. The van der Waals surface area contributed by atoms with Crippen molar-refractivity contribution in [2.75, 3.05) is 20.3 Å². The van der Waals surface area contributed by atoms with Gasteiger partial charge in [-0.3, -0.25) is 4.79 Å². The molecule has 1 aromatic heterocycles. The fraction of sp³-hybridized carbons (Fsp3) is 0.450. The molecule has 4 rings (SSSR count). The molecule has 0 N–H and O–H groups in total. The van der Waals surface area contributed by atoms with Crippen molar-refractivity contribution >= 4 is 16.8 Å². The third-order valence-electron chi connectivity index (χ3n) is 5.43. The highest BCUT2D eigenvalue weighted by Crippen LogP contribution is 2.46. The Morgan fingerprint density at radius 2 is 2.00 bits per heavy atom. The Labute approximate surface area is 142 Å². The summed E-state index contributed by atoms with van der Waals surface area (Å²) in [6.07, 6.45) is 6.49. The van der Waals surface area contributed by atoms with Gasteiger partial charge in [0.2, 0.25) is 0 Å². The van der Waals surface area contributed by atoms with Gasteiger partial charge >= 0.3 is 0 Å². The predicted octanol–water partition coefficient (Wildman–Crippen LogP) is 3.58. The van der Waals surface area contributed by atoms with Crippen LogP contribution in [0.4, 0.5) is 0 Å². The summed E-state index contributed by atoms with van der Waals surface area (Å²) >= 11 is 0. The number of nitrogens with zero attached hydrogens (tertiary/aromatic N) is 2. The summed E-state index contributed by atoms with van der Waals surface area (Å²) in [5.41, 5.74) is 4.88. The molecule has 2 aliphatic rings. The second-order valence-corrected chi connectivity index (χ2v) is 6.82. The van der Waals surface area contributed by atoms with Gasteiger partial charge in [-0.15, -0.1) is 0 Å². The number of aryl methyl sites for hydroxylation is 1. The number of carbonyl (C=O) groups is 1. The molecular weight excluding hydrogens is 300 g/mol. The number of methoxy groups -OCH3 is 1. The van der Waals surface area contributed by atoms with E-state index >= 15 is 0 Å². The third kappa shape index (κ3) is 2.28. The molecule has 1 aliphatic carbocycles. The molecule has 0 unspecified atom stereocenters. The molecule has 1 aliphatic heterocycles. The zero-order chi connectivity index (χ0) is 16.7. The Morgan fingerprint density at radius 3 is 2.83 bits per heavy atom. The number of carbonyl (C=O) groups excluding carboxylic acids is 1. The van der Waals surface area contributed by atoms with Crippen LogP contribution in [0.5, 0.6) is 0 Å². The van der Waals surface area contributed by atoms with Gasteiger partial charge in [-0.25, -0.2) is 0 Å². The number of para-hydroxylation sites is 1. The Bertz CT molecular complexity index is 818. The molecule has 0 radical (unpaired) electrons. The van der Waals surface area contributed by atoms with Crippen molar-refractivity contribution in [1.29, 1.82) is 0 Å². The lowest BCUT2D eigenvalue weighted by atomic mass is 9.87. The van der Waals surface area contributed by atoms with Crippen LogP contribution < -0.4 is 0 Å². The third-order valence-corrected chi connectivity index (χ3v) is 5.43. The monoisotopic (exact) mass is 324 g/mol. The number of fused-ring (bicyclic) bond motifs is 1. The molecule has 2 heterocycles. The maximum absolute atomic E-state index is 13.0. The van der Waals surface area contributed by atoms with Gasteiger partial charge in [-0.1, -0.05) is 18.2 Å². The summed E-state index contributed by atoms with van der Waals surface area (Å²) in [4.78, 5) is 15.0. The summed E-state index contributed by atoms with van der Waals surface area (Å²) in [7, 11) is 3.78. The minimum atomic E-state index is 0.0778. The molecule has 4 heteroatoms. The van der Waals surface area contributed by atoms with E-state index in [0.717, 1.165) is 24.8 Å². The molecular formula is C20H24N2O2. The molecule has 0 saturated heterocycles. The van der Waals surface area contributed by atoms with Gasteiger partial charge in [0, 0.05) is 48.9 Å². The van der Waals surface area contributed by atoms with E-state index in [-0.39, 0.29) is 11.9 Å². The molecule has 0 saturated carbocycles. The molecule has 0 fully saturated rings. The lowest BCUT2D eigenvalue weighted by Crippen LogP contribution is -2.33. The highest BCUT2D eigenvalue weighted by molar-refractivity contribution is 5.99. The highest BCUT2D eigenvalue weighted by Gasteiger charge is 2.41. The van der Waals surface area contributed by atoms with Gasteiger partial charge in [-0.2, -0.15) is 0 Å². The van der Waals surface area contributed by atoms with Crippen LogP contribution in [0, 0.1) is 0 Å². The first-order valence-corrected chi connectivity index (χ1v) is 8.78. The van der Waals surface area contributed by atoms with E-state index in [1.807, 2.05) is 4.90 Å². The van der Waals surface area contributed by atoms with Crippen molar-refractivity contribution < 1.29 is 9.53 Å². The van der Waals surface area contributed by atoms with Crippen molar-refractivity contribution in [2.45, 2.75) is 31.7 Å². The maximum atomic E-state index is 13.0. The van der Waals surface area contributed by atoms with Crippen LogP contribution in [0.15, 0.2) is 41.6 Å². The van der Waals surface area contributed by atoms with E-state index in [9.17, 15) is 4.79 Å². The van der Waals surface area contributed by atoms with Gasteiger partial charge in [0.1, 0.15) is 0 Å². The summed E-state index contributed by atoms with van der Waals surface area (Å²) in [6.45, 7) is 1.23. The van der Waals surface area contributed by atoms with Gasteiger partial charge in [0.15, 0.2) is 0 Å². The molecule has 0 spiro atoms. The van der Waals surface area contributed by atoms with Crippen molar-refractivity contribution in [1.82, 2.24) is 9.47 Å². The minimum Gasteiger partial charge on any atom is -0.383 e. The second kappa shape index (κ2) is 6.10. The van der Waals surface area contributed by atoms with Crippen molar-refractivity contribution in [3.8, 4) is 0 Å². The van der Waals surface area contributed by atoms with Gasteiger partial charge in [0.25, 0.3) is 5.91 Å². The van der Waals surface area contributed by atoms with E-state index in [1.165, 1.54) is 28.5 Å².